The first-order valence-electron chi connectivity index (χ1n) is 4.77. The average molecular weight is 241 g/mol. The molecular weight excluding hydrogens is 229 g/mol. The average Bonchev–Trinajstić information content (AvgIpc) is 2.26. The van der Waals surface area contributed by atoms with E-state index in [-0.39, 0.29) is 35.5 Å². The summed E-state index contributed by atoms with van der Waals surface area (Å²) in [4.78, 5) is 22.7. The number of rotatable bonds is 4. The molecule has 4 nitrogen and oxygen atoms in total. The minimum atomic E-state index is -1.27. The Bertz CT molecular complexity index is 403. The molecule has 17 heavy (non-hydrogen) atoms. The van der Waals surface area contributed by atoms with Crippen LogP contribution in [0, 0.1) is 0 Å². The number of hydrogen-bond acceptors (Lipinski definition) is 3. The fourth-order valence-corrected chi connectivity index (χ4v) is 1.13. The Hall–Kier alpha value is -1.10. The van der Waals surface area contributed by atoms with Gasteiger partial charge >= 0.3 is 29.6 Å². The Labute approximate surface area is 122 Å². The van der Waals surface area contributed by atoms with Gasteiger partial charge in [0.2, 0.25) is 5.91 Å². The van der Waals surface area contributed by atoms with E-state index >= 15 is 0 Å². The van der Waals surface area contributed by atoms with Crippen LogP contribution in [0.25, 0.3) is 6.08 Å². The number of benzene rings is 1. The monoisotopic (exact) mass is 241 g/mol. The fraction of sp³-hybridized carbons (Fsp3) is 0.167. The van der Waals surface area contributed by atoms with Crippen LogP contribution >= 0.6 is 0 Å². The number of nitrogens with zero attached hydrogens (tertiary/aromatic N) is 1. The molecule has 0 bridgehead atoms. The van der Waals surface area contributed by atoms with Crippen molar-refractivity contribution in [2.45, 2.75) is 0 Å². The van der Waals surface area contributed by atoms with Gasteiger partial charge in [-0.2, -0.15) is 0 Å². The van der Waals surface area contributed by atoms with Crippen LogP contribution in [0.5, 0.6) is 0 Å². The SMILES string of the molecule is CN(CC(=O)[O-])C(=O)C=Cc1ccccc1.[Na+]. The van der Waals surface area contributed by atoms with E-state index in [1.807, 2.05) is 30.3 Å². The number of amides is 1. The van der Waals surface area contributed by atoms with E-state index in [1.54, 1.807) is 6.08 Å². The Balaban J connectivity index is 0.00000256. The Kier molecular flexibility index (Phi) is 7.54. The first-order valence-corrected chi connectivity index (χ1v) is 4.77. The van der Waals surface area contributed by atoms with E-state index in [2.05, 4.69) is 0 Å². The summed E-state index contributed by atoms with van der Waals surface area (Å²) in [5.74, 6) is -1.64. The molecule has 0 heterocycles. The van der Waals surface area contributed by atoms with E-state index in [0.29, 0.717) is 0 Å². The molecule has 0 aliphatic carbocycles. The predicted octanol–water partition coefficient (Wildman–Crippen LogP) is -3.09. The molecular formula is C12H12NNaO3. The minimum absolute atomic E-state index is 0. The molecule has 0 unspecified atom stereocenters. The van der Waals surface area contributed by atoms with Crippen LogP contribution < -0.4 is 34.7 Å². The summed E-state index contributed by atoms with van der Waals surface area (Å²) in [6.07, 6.45) is 2.96. The Morgan fingerprint density at radius 1 is 1.29 bits per heavy atom. The zero-order chi connectivity index (χ0) is 12.0. The van der Waals surface area contributed by atoms with Crippen molar-refractivity contribution in [1.82, 2.24) is 4.90 Å². The van der Waals surface area contributed by atoms with Crippen LogP contribution in [0.4, 0.5) is 0 Å². The Morgan fingerprint density at radius 3 is 2.41 bits per heavy atom. The van der Waals surface area contributed by atoms with Gasteiger partial charge in [-0.05, 0) is 11.6 Å². The van der Waals surface area contributed by atoms with Crippen molar-refractivity contribution in [2.24, 2.45) is 0 Å². The van der Waals surface area contributed by atoms with Crippen molar-refractivity contribution in [2.75, 3.05) is 13.6 Å². The second-order valence-corrected chi connectivity index (χ2v) is 3.31. The molecule has 1 amide bonds. The molecule has 0 aliphatic rings. The van der Waals surface area contributed by atoms with Gasteiger partial charge in [0.1, 0.15) is 0 Å². The third kappa shape index (κ3) is 6.26. The Morgan fingerprint density at radius 2 is 1.88 bits per heavy atom. The van der Waals surface area contributed by atoms with Crippen LogP contribution in [0.3, 0.4) is 0 Å². The summed E-state index contributed by atoms with van der Waals surface area (Å²) in [6.45, 7) is -0.405. The molecule has 0 aromatic heterocycles. The van der Waals surface area contributed by atoms with Gasteiger partial charge in [-0.1, -0.05) is 30.3 Å². The summed E-state index contributed by atoms with van der Waals surface area (Å²) in [7, 11) is 1.41. The molecule has 0 spiro atoms. The van der Waals surface area contributed by atoms with E-state index in [1.165, 1.54) is 13.1 Å². The van der Waals surface area contributed by atoms with E-state index in [9.17, 15) is 14.7 Å². The normalized spacial score (nSPS) is 9.71. The number of carbonyl (C=O) groups excluding carboxylic acids is 2. The standard InChI is InChI=1S/C12H13NO3.Na/c1-13(9-12(15)16)11(14)8-7-10-5-3-2-4-6-10;/h2-8H,9H2,1H3,(H,15,16);/q;+1/p-1. The number of hydrogen-bond donors (Lipinski definition) is 0. The maximum atomic E-state index is 11.4. The van der Waals surface area contributed by atoms with Gasteiger partial charge in [0, 0.05) is 13.1 Å². The molecule has 1 aromatic carbocycles. The third-order valence-electron chi connectivity index (χ3n) is 1.96. The summed E-state index contributed by atoms with van der Waals surface area (Å²) in [5, 5.41) is 10.3. The van der Waals surface area contributed by atoms with Gasteiger partial charge in [-0.15, -0.1) is 0 Å². The first-order chi connectivity index (χ1) is 7.59. The van der Waals surface area contributed by atoms with Gasteiger partial charge in [-0.3, -0.25) is 4.79 Å². The van der Waals surface area contributed by atoms with Crippen molar-refractivity contribution in [3.8, 4) is 0 Å². The molecule has 0 aliphatic heterocycles. The van der Waals surface area contributed by atoms with Crippen LogP contribution in [0.15, 0.2) is 36.4 Å². The first kappa shape index (κ1) is 15.9. The summed E-state index contributed by atoms with van der Waals surface area (Å²) >= 11 is 0. The van der Waals surface area contributed by atoms with Crippen molar-refractivity contribution in [1.29, 1.82) is 0 Å². The van der Waals surface area contributed by atoms with Gasteiger partial charge in [-0.25, -0.2) is 0 Å². The molecule has 5 heteroatoms. The molecule has 0 N–H and O–H groups in total. The summed E-state index contributed by atoms with van der Waals surface area (Å²) in [5.41, 5.74) is 0.887. The molecule has 1 aromatic rings. The number of carboxylic acid groups (broad SMARTS) is 1. The molecule has 0 radical (unpaired) electrons. The maximum Gasteiger partial charge on any atom is 1.00 e. The minimum Gasteiger partial charge on any atom is -0.548 e. The zero-order valence-electron chi connectivity index (χ0n) is 9.92. The third-order valence-corrected chi connectivity index (χ3v) is 1.96. The van der Waals surface area contributed by atoms with Crippen molar-refractivity contribution >= 4 is 18.0 Å². The molecule has 0 saturated carbocycles. The van der Waals surface area contributed by atoms with Crippen LogP contribution in [0.2, 0.25) is 0 Å². The largest absolute Gasteiger partial charge is 1.00 e. The van der Waals surface area contributed by atoms with Crippen molar-refractivity contribution < 1.29 is 44.3 Å². The van der Waals surface area contributed by atoms with Crippen molar-refractivity contribution in [3.05, 3.63) is 42.0 Å². The molecule has 0 fully saturated rings. The van der Waals surface area contributed by atoms with Crippen LogP contribution in [0.1, 0.15) is 5.56 Å². The van der Waals surface area contributed by atoms with Gasteiger partial charge in [0.05, 0.1) is 12.5 Å². The van der Waals surface area contributed by atoms with E-state index in [0.717, 1.165) is 10.5 Å². The van der Waals surface area contributed by atoms with E-state index < -0.39 is 12.5 Å². The van der Waals surface area contributed by atoms with Gasteiger partial charge in [0.25, 0.3) is 0 Å². The van der Waals surface area contributed by atoms with Gasteiger partial charge < -0.3 is 14.8 Å². The van der Waals surface area contributed by atoms with E-state index in [4.69, 9.17) is 0 Å². The van der Waals surface area contributed by atoms with Crippen LogP contribution in [-0.2, 0) is 9.59 Å². The zero-order valence-corrected chi connectivity index (χ0v) is 11.9. The topological polar surface area (TPSA) is 60.4 Å². The second-order valence-electron chi connectivity index (χ2n) is 3.31. The number of carboxylic acids is 1. The van der Waals surface area contributed by atoms with Crippen molar-refractivity contribution in [3.63, 3.8) is 0 Å². The molecule has 1 rings (SSSR count). The maximum absolute atomic E-state index is 11.4. The molecule has 0 saturated heterocycles. The smallest absolute Gasteiger partial charge is 0.548 e. The number of carbonyl (C=O) groups is 2. The van der Waals surface area contributed by atoms with Crippen LogP contribution in [-0.4, -0.2) is 30.4 Å². The predicted molar refractivity (Wildman–Crippen MR) is 58.1 cm³/mol. The second kappa shape index (κ2) is 8.06. The summed E-state index contributed by atoms with van der Waals surface area (Å²) < 4.78 is 0. The summed E-state index contributed by atoms with van der Waals surface area (Å²) in [6, 6.07) is 9.29. The fourth-order valence-electron chi connectivity index (χ4n) is 1.13. The number of likely N-dealkylation sites (N-methyl/N-ethyl adjacent to an activating group) is 1. The number of aliphatic carboxylic acids is 1. The van der Waals surface area contributed by atoms with Gasteiger partial charge in [0.15, 0.2) is 0 Å². The quantitative estimate of drug-likeness (QED) is 0.415. The molecule has 84 valence electrons. The molecule has 0 atom stereocenters.